The Morgan fingerprint density at radius 3 is 2.31 bits per heavy atom. The average Bonchev–Trinajstić information content (AvgIpc) is 2.79. The number of piperazine rings is 1. The Bertz CT molecular complexity index is 937. The zero-order valence-electron chi connectivity index (χ0n) is 18.5. The first-order chi connectivity index (χ1) is 15.4. The Kier molecular flexibility index (Phi) is 8.21. The van der Waals surface area contributed by atoms with Crippen LogP contribution < -0.4 is 16.4 Å². The van der Waals surface area contributed by atoms with Crippen LogP contribution in [0.15, 0.2) is 48.5 Å². The fraction of sp³-hybridized carbons (Fsp3) is 0.375. The predicted octanol–water partition coefficient (Wildman–Crippen LogP) is 2.52. The number of carbonyl (C=O) groups excluding carboxylic acids is 3. The molecule has 0 spiro atoms. The first-order valence-corrected chi connectivity index (χ1v) is 11.0. The molecule has 1 aliphatic rings. The lowest BCUT2D eigenvalue weighted by atomic mass is 10.0. The third kappa shape index (κ3) is 6.81. The van der Waals surface area contributed by atoms with Crippen molar-refractivity contribution in [2.75, 3.05) is 44.6 Å². The maximum Gasteiger partial charge on any atom is 0.319 e. The van der Waals surface area contributed by atoms with E-state index in [0.29, 0.717) is 17.8 Å². The minimum atomic E-state index is -0.461. The van der Waals surface area contributed by atoms with Gasteiger partial charge in [-0.3, -0.25) is 14.5 Å². The summed E-state index contributed by atoms with van der Waals surface area (Å²) in [5.41, 5.74) is 8.32. The van der Waals surface area contributed by atoms with Gasteiger partial charge in [0.2, 0.25) is 11.8 Å². The van der Waals surface area contributed by atoms with E-state index in [1.165, 1.54) is 0 Å². The van der Waals surface area contributed by atoms with E-state index in [9.17, 15) is 14.4 Å². The Balaban J connectivity index is 1.35. The van der Waals surface area contributed by atoms with Crippen LogP contribution in [-0.2, 0) is 4.79 Å². The molecule has 2 aromatic carbocycles. The van der Waals surface area contributed by atoms with E-state index >= 15 is 0 Å². The fourth-order valence-corrected chi connectivity index (χ4v) is 3.72. The third-order valence-electron chi connectivity index (χ3n) is 5.63. The Labute approximate surface area is 188 Å². The van der Waals surface area contributed by atoms with Crippen LogP contribution in [0.1, 0.15) is 30.1 Å². The number of nitrogens with one attached hydrogen (secondary N) is 2. The van der Waals surface area contributed by atoms with E-state index in [1.54, 1.807) is 25.1 Å². The van der Waals surface area contributed by atoms with E-state index in [-0.39, 0.29) is 11.9 Å². The van der Waals surface area contributed by atoms with Gasteiger partial charge < -0.3 is 21.3 Å². The Morgan fingerprint density at radius 2 is 1.66 bits per heavy atom. The topological polar surface area (TPSA) is 108 Å². The summed E-state index contributed by atoms with van der Waals surface area (Å²) in [6.45, 7) is 6.62. The van der Waals surface area contributed by atoms with Gasteiger partial charge in [0.25, 0.3) is 0 Å². The van der Waals surface area contributed by atoms with Gasteiger partial charge in [-0.2, -0.15) is 0 Å². The maximum absolute atomic E-state index is 12.1. The van der Waals surface area contributed by atoms with Crippen molar-refractivity contribution in [1.29, 1.82) is 0 Å². The highest BCUT2D eigenvalue weighted by Crippen LogP contribution is 2.22. The fourth-order valence-electron chi connectivity index (χ4n) is 3.72. The van der Waals surface area contributed by atoms with Crippen LogP contribution in [0.25, 0.3) is 11.1 Å². The van der Waals surface area contributed by atoms with E-state index in [4.69, 9.17) is 5.73 Å². The van der Waals surface area contributed by atoms with Crippen LogP contribution in [0.4, 0.5) is 10.5 Å². The monoisotopic (exact) mass is 437 g/mol. The highest BCUT2D eigenvalue weighted by atomic mass is 16.2. The summed E-state index contributed by atoms with van der Waals surface area (Å²) in [4.78, 5) is 39.1. The molecule has 8 nitrogen and oxygen atoms in total. The highest BCUT2D eigenvalue weighted by Gasteiger charge is 2.17. The molecule has 4 amide bonds. The van der Waals surface area contributed by atoms with Gasteiger partial charge in [0.15, 0.2) is 0 Å². The van der Waals surface area contributed by atoms with Crippen LogP contribution in [0.2, 0.25) is 0 Å². The van der Waals surface area contributed by atoms with Gasteiger partial charge in [-0.05, 0) is 54.8 Å². The Hall–Kier alpha value is -3.39. The molecule has 1 fully saturated rings. The second kappa shape index (κ2) is 11.3. The number of amides is 4. The smallest absolute Gasteiger partial charge is 0.319 e. The van der Waals surface area contributed by atoms with Crippen molar-refractivity contribution in [3.05, 3.63) is 54.1 Å². The van der Waals surface area contributed by atoms with Crippen molar-refractivity contribution < 1.29 is 14.4 Å². The lowest BCUT2D eigenvalue weighted by Gasteiger charge is -2.34. The second-order valence-corrected chi connectivity index (χ2v) is 7.96. The van der Waals surface area contributed by atoms with Crippen LogP contribution >= 0.6 is 0 Å². The van der Waals surface area contributed by atoms with Crippen molar-refractivity contribution in [3.63, 3.8) is 0 Å². The zero-order chi connectivity index (χ0) is 22.9. The number of hydrogen-bond acceptors (Lipinski definition) is 4. The molecule has 1 saturated heterocycles. The molecule has 0 bridgehead atoms. The molecule has 0 saturated carbocycles. The molecule has 1 aliphatic heterocycles. The molecule has 0 atom stereocenters. The summed E-state index contributed by atoms with van der Waals surface area (Å²) in [7, 11) is 0. The number of nitrogens with two attached hydrogens (primary N) is 1. The lowest BCUT2D eigenvalue weighted by Crippen LogP contribution is -2.48. The average molecular weight is 438 g/mol. The standard InChI is InChI=1S/C24H31N5O3/c1-18(30)29-15-13-28(14-16-29)12-3-2-11-26-24(32)27-22-9-7-19(8-10-22)20-5-4-6-21(17-20)23(25)31/h4-10,17H,2-3,11-16H2,1H3,(H2,25,31)(H2,26,27,32). The number of rotatable bonds is 8. The minimum Gasteiger partial charge on any atom is -0.366 e. The number of nitrogens with zero attached hydrogens (tertiary/aromatic N) is 2. The molecular formula is C24H31N5O3. The maximum atomic E-state index is 12.1. The third-order valence-corrected chi connectivity index (χ3v) is 5.63. The molecule has 0 unspecified atom stereocenters. The summed E-state index contributed by atoms with van der Waals surface area (Å²) in [6.07, 6.45) is 1.90. The van der Waals surface area contributed by atoms with Gasteiger partial charge in [-0.1, -0.05) is 24.3 Å². The first kappa shape index (κ1) is 23.3. The number of primary amides is 1. The predicted molar refractivity (Wildman–Crippen MR) is 125 cm³/mol. The first-order valence-electron chi connectivity index (χ1n) is 11.0. The molecule has 0 aromatic heterocycles. The van der Waals surface area contributed by atoms with E-state index in [0.717, 1.165) is 56.7 Å². The molecule has 170 valence electrons. The number of urea groups is 1. The van der Waals surface area contributed by atoms with Gasteiger partial charge in [0.1, 0.15) is 0 Å². The molecule has 2 aromatic rings. The molecule has 3 rings (SSSR count). The zero-order valence-corrected chi connectivity index (χ0v) is 18.5. The number of unbranched alkanes of at least 4 members (excludes halogenated alkanes) is 1. The number of benzene rings is 2. The SMILES string of the molecule is CC(=O)N1CCN(CCCCNC(=O)Nc2ccc(-c3cccc(C(N)=O)c3)cc2)CC1. The van der Waals surface area contributed by atoms with Crippen LogP contribution in [0.5, 0.6) is 0 Å². The van der Waals surface area contributed by atoms with Gasteiger partial charge in [0.05, 0.1) is 0 Å². The highest BCUT2D eigenvalue weighted by molar-refractivity contribution is 5.94. The normalized spacial score (nSPS) is 14.1. The summed E-state index contributed by atoms with van der Waals surface area (Å²) in [5, 5.41) is 5.72. The molecule has 1 heterocycles. The van der Waals surface area contributed by atoms with Crippen LogP contribution in [0, 0.1) is 0 Å². The molecule has 32 heavy (non-hydrogen) atoms. The molecule has 4 N–H and O–H groups in total. The molecule has 0 radical (unpaired) electrons. The summed E-state index contributed by atoms with van der Waals surface area (Å²) in [5.74, 6) is -0.316. The molecular weight excluding hydrogens is 406 g/mol. The quantitative estimate of drug-likeness (QED) is 0.552. The minimum absolute atomic E-state index is 0.145. The van der Waals surface area contributed by atoms with E-state index < -0.39 is 5.91 Å². The number of hydrogen-bond donors (Lipinski definition) is 3. The summed E-state index contributed by atoms with van der Waals surface area (Å²) < 4.78 is 0. The Morgan fingerprint density at radius 1 is 0.938 bits per heavy atom. The van der Waals surface area contributed by atoms with E-state index in [1.807, 2.05) is 35.2 Å². The largest absolute Gasteiger partial charge is 0.366 e. The van der Waals surface area contributed by atoms with E-state index in [2.05, 4.69) is 15.5 Å². The van der Waals surface area contributed by atoms with Crippen molar-refractivity contribution in [3.8, 4) is 11.1 Å². The molecule has 0 aliphatic carbocycles. The van der Waals surface area contributed by atoms with Gasteiger partial charge in [-0.25, -0.2) is 4.79 Å². The second-order valence-electron chi connectivity index (χ2n) is 7.96. The van der Waals surface area contributed by atoms with Gasteiger partial charge in [0, 0.05) is 50.9 Å². The van der Waals surface area contributed by atoms with Gasteiger partial charge >= 0.3 is 6.03 Å². The number of carbonyl (C=O) groups is 3. The van der Waals surface area contributed by atoms with Gasteiger partial charge in [-0.15, -0.1) is 0 Å². The van der Waals surface area contributed by atoms with Crippen molar-refractivity contribution in [2.24, 2.45) is 5.73 Å². The van der Waals surface area contributed by atoms with Crippen LogP contribution in [-0.4, -0.2) is 66.9 Å². The summed E-state index contributed by atoms with van der Waals surface area (Å²) in [6, 6.07) is 14.3. The van der Waals surface area contributed by atoms with Crippen LogP contribution in [0.3, 0.4) is 0 Å². The number of anilines is 1. The molecule has 8 heteroatoms. The lowest BCUT2D eigenvalue weighted by molar-refractivity contribution is -0.130. The van der Waals surface area contributed by atoms with Crippen molar-refractivity contribution in [2.45, 2.75) is 19.8 Å². The van der Waals surface area contributed by atoms with Crippen molar-refractivity contribution in [1.82, 2.24) is 15.1 Å². The summed E-state index contributed by atoms with van der Waals surface area (Å²) >= 11 is 0. The van der Waals surface area contributed by atoms with Crippen molar-refractivity contribution >= 4 is 23.5 Å².